The van der Waals surface area contributed by atoms with Crippen molar-refractivity contribution in [3.8, 4) is 0 Å². The Morgan fingerprint density at radius 3 is 3.00 bits per heavy atom. The van der Waals surface area contributed by atoms with Crippen molar-refractivity contribution >= 4 is 45.5 Å². The number of hydrogen-bond acceptors (Lipinski definition) is 6. The molecule has 19 heavy (non-hydrogen) atoms. The lowest BCUT2D eigenvalue weighted by molar-refractivity contribution is 0.0992. The minimum Gasteiger partial charge on any atom is -0.382 e. The molecule has 0 radical (unpaired) electrons. The quantitative estimate of drug-likeness (QED) is 0.648. The standard InChI is InChI=1S/C13H15N3OS2/c1-3-10(17)11-12(14)16-13(19-11)15-8-5-4-6-9(7-8)18-2/h4-7H,3,14H2,1-2H3,(H,15,16). The van der Waals surface area contributed by atoms with Crippen LogP contribution in [0.15, 0.2) is 29.2 Å². The highest BCUT2D eigenvalue weighted by Gasteiger charge is 2.14. The highest BCUT2D eigenvalue weighted by atomic mass is 32.2. The predicted octanol–water partition coefficient (Wildman–Crippen LogP) is 3.78. The van der Waals surface area contributed by atoms with Gasteiger partial charge in [0.15, 0.2) is 10.9 Å². The van der Waals surface area contributed by atoms with E-state index >= 15 is 0 Å². The zero-order valence-corrected chi connectivity index (χ0v) is 12.4. The van der Waals surface area contributed by atoms with Crippen LogP contribution in [0.4, 0.5) is 16.6 Å². The molecule has 1 heterocycles. The van der Waals surface area contributed by atoms with Crippen LogP contribution < -0.4 is 11.1 Å². The van der Waals surface area contributed by atoms with Crippen molar-refractivity contribution in [3.63, 3.8) is 0 Å². The van der Waals surface area contributed by atoms with E-state index in [4.69, 9.17) is 5.73 Å². The largest absolute Gasteiger partial charge is 0.382 e. The molecule has 2 aromatic rings. The van der Waals surface area contributed by atoms with Gasteiger partial charge < -0.3 is 11.1 Å². The number of thiazole rings is 1. The topological polar surface area (TPSA) is 68.0 Å². The second-order valence-electron chi connectivity index (χ2n) is 3.87. The van der Waals surface area contributed by atoms with E-state index in [1.54, 1.807) is 11.8 Å². The maximum absolute atomic E-state index is 11.7. The number of carbonyl (C=O) groups excluding carboxylic acids is 1. The molecule has 0 aliphatic rings. The van der Waals surface area contributed by atoms with E-state index in [0.29, 0.717) is 22.2 Å². The van der Waals surface area contributed by atoms with Crippen LogP contribution in [0.2, 0.25) is 0 Å². The smallest absolute Gasteiger partial charge is 0.189 e. The Balaban J connectivity index is 2.21. The van der Waals surface area contributed by atoms with E-state index in [1.165, 1.54) is 16.2 Å². The molecule has 0 amide bonds. The number of hydrogen-bond donors (Lipinski definition) is 2. The maximum Gasteiger partial charge on any atom is 0.189 e. The van der Waals surface area contributed by atoms with Crippen molar-refractivity contribution < 1.29 is 4.79 Å². The summed E-state index contributed by atoms with van der Waals surface area (Å²) in [5.41, 5.74) is 6.70. The van der Waals surface area contributed by atoms with Crippen LogP contribution in [0.5, 0.6) is 0 Å². The Bertz CT molecular complexity index is 595. The monoisotopic (exact) mass is 293 g/mol. The van der Waals surface area contributed by atoms with Gasteiger partial charge in [0.1, 0.15) is 10.7 Å². The van der Waals surface area contributed by atoms with Gasteiger partial charge in [0.05, 0.1) is 0 Å². The molecule has 1 aromatic heterocycles. The van der Waals surface area contributed by atoms with Crippen LogP contribution in [0.3, 0.4) is 0 Å². The molecule has 4 nitrogen and oxygen atoms in total. The maximum atomic E-state index is 11.7. The van der Waals surface area contributed by atoms with Gasteiger partial charge in [0, 0.05) is 17.0 Å². The van der Waals surface area contributed by atoms with Gasteiger partial charge >= 0.3 is 0 Å². The normalized spacial score (nSPS) is 10.4. The number of benzene rings is 1. The average Bonchev–Trinajstić information content (AvgIpc) is 2.79. The molecule has 0 atom stereocenters. The molecule has 0 aliphatic heterocycles. The van der Waals surface area contributed by atoms with E-state index in [0.717, 1.165) is 5.69 Å². The number of Topliss-reactive ketones (excluding diaryl/α,β-unsaturated/α-hetero) is 1. The zero-order valence-electron chi connectivity index (χ0n) is 10.8. The van der Waals surface area contributed by atoms with Gasteiger partial charge in [-0.15, -0.1) is 11.8 Å². The van der Waals surface area contributed by atoms with Crippen molar-refractivity contribution in [3.05, 3.63) is 29.1 Å². The molecule has 1 aromatic carbocycles. The van der Waals surface area contributed by atoms with E-state index in [-0.39, 0.29) is 5.78 Å². The molecule has 0 spiro atoms. The Morgan fingerprint density at radius 2 is 2.32 bits per heavy atom. The number of nitrogen functional groups attached to an aromatic ring is 1. The van der Waals surface area contributed by atoms with Crippen LogP contribution in [0.25, 0.3) is 0 Å². The van der Waals surface area contributed by atoms with Gasteiger partial charge in [-0.3, -0.25) is 4.79 Å². The summed E-state index contributed by atoms with van der Waals surface area (Å²) < 4.78 is 0. The molecule has 0 aliphatic carbocycles. The molecule has 0 saturated heterocycles. The highest BCUT2D eigenvalue weighted by Crippen LogP contribution is 2.29. The van der Waals surface area contributed by atoms with Gasteiger partial charge in [0.2, 0.25) is 0 Å². The van der Waals surface area contributed by atoms with Crippen molar-refractivity contribution in [2.24, 2.45) is 0 Å². The van der Waals surface area contributed by atoms with Crippen LogP contribution in [0.1, 0.15) is 23.0 Å². The minimum absolute atomic E-state index is 0.0286. The summed E-state index contributed by atoms with van der Waals surface area (Å²) in [6.07, 6.45) is 2.46. The SMILES string of the molecule is CCC(=O)c1sc(Nc2cccc(SC)c2)nc1N. The third-order valence-corrected chi connectivity index (χ3v) is 4.30. The number of ketones is 1. The third-order valence-electron chi connectivity index (χ3n) is 2.55. The van der Waals surface area contributed by atoms with Gasteiger partial charge in [-0.25, -0.2) is 4.98 Å². The molecule has 0 bridgehead atoms. The molecular formula is C13H15N3OS2. The fraction of sp³-hybridized carbons (Fsp3) is 0.231. The van der Waals surface area contributed by atoms with E-state index in [1.807, 2.05) is 37.4 Å². The van der Waals surface area contributed by atoms with E-state index in [2.05, 4.69) is 10.3 Å². The zero-order chi connectivity index (χ0) is 13.8. The molecule has 2 rings (SSSR count). The number of rotatable bonds is 5. The van der Waals surface area contributed by atoms with Gasteiger partial charge in [-0.1, -0.05) is 24.3 Å². The van der Waals surface area contributed by atoms with Crippen molar-refractivity contribution in [1.82, 2.24) is 4.98 Å². The van der Waals surface area contributed by atoms with Gasteiger partial charge in [-0.05, 0) is 24.5 Å². The molecular weight excluding hydrogens is 278 g/mol. The Labute approximate surface area is 120 Å². The summed E-state index contributed by atoms with van der Waals surface area (Å²) in [5, 5.41) is 3.83. The summed E-state index contributed by atoms with van der Waals surface area (Å²) in [7, 11) is 0. The molecule has 100 valence electrons. The van der Waals surface area contributed by atoms with Crippen LogP contribution in [0, 0.1) is 0 Å². The number of carbonyl (C=O) groups is 1. The van der Waals surface area contributed by atoms with Crippen molar-refractivity contribution in [1.29, 1.82) is 0 Å². The minimum atomic E-state index is 0.0286. The fourth-order valence-corrected chi connectivity index (χ4v) is 2.94. The number of thioether (sulfide) groups is 1. The first-order valence-electron chi connectivity index (χ1n) is 5.84. The predicted molar refractivity (Wildman–Crippen MR) is 82.7 cm³/mol. The summed E-state index contributed by atoms with van der Waals surface area (Å²) >= 11 is 2.97. The number of anilines is 3. The van der Waals surface area contributed by atoms with Gasteiger partial charge in [0.25, 0.3) is 0 Å². The summed E-state index contributed by atoms with van der Waals surface area (Å²) in [6, 6.07) is 8.00. The number of aromatic nitrogens is 1. The molecule has 0 unspecified atom stereocenters. The van der Waals surface area contributed by atoms with Crippen LogP contribution in [-0.4, -0.2) is 17.0 Å². The highest BCUT2D eigenvalue weighted by molar-refractivity contribution is 7.98. The molecule has 3 N–H and O–H groups in total. The fourth-order valence-electron chi connectivity index (χ4n) is 1.57. The summed E-state index contributed by atoms with van der Waals surface area (Å²) in [4.78, 5) is 17.5. The number of nitrogens with zero attached hydrogens (tertiary/aromatic N) is 1. The second-order valence-corrected chi connectivity index (χ2v) is 5.75. The van der Waals surface area contributed by atoms with Gasteiger partial charge in [-0.2, -0.15) is 0 Å². The van der Waals surface area contributed by atoms with E-state index < -0.39 is 0 Å². The van der Waals surface area contributed by atoms with Crippen molar-refractivity contribution in [2.75, 3.05) is 17.3 Å². The Hall–Kier alpha value is -1.53. The lowest BCUT2D eigenvalue weighted by Crippen LogP contribution is -1.98. The molecule has 0 fully saturated rings. The third kappa shape index (κ3) is 3.27. The average molecular weight is 293 g/mol. The first kappa shape index (κ1) is 13.9. The number of nitrogens with one attached hydrogen (secondary N) is 1. The van der Waals surface area contributed by atoms with E-state index in [9.17, 15) is 4.79 Å². The lowest BCUT2D eigenvalue weighted by Gasteiger charge is -2.03. The first-order chi connectivity index (χ1) is 9.13. The van der Waals surface area contributed by atoms with Crippen LogP contribution in [-0.2, 0) is 0 Å². The number of nitrogens with two attached hydrogens (primary N) is 1. The molecule has 6 heteroatoms. The summed E-state index contributed by atoms with van der Waals surface area (Å²) in [6.45, 7) is 1.82. The summed E-state index contributed by atoms with van der Waals surface area (Å²) in [5.74, 6) is 0.335. The Morgan fingerprint density at radius 1 is 1.53 bits per heavy atom. The molecule has 0 saturated carbocycles. The first-order valence-corrected chi connectivity index (χ1v) is 7.88. The van der Waals surface area contributed by atoms with Crippen LogP contribution >= 0.6 is 23.1 Å². The Kier molecular flexibility index (Phi) is 4.44. The van der Waals surface area contributed by atoms with Crippen molar-refractivity contribution in [2.45, 2.75) is 18.2 Å². The second kappa shape index (κ2) is 6.08. The lowest BCUT2D eigenvalue weighted by atomic mass is 10.3.